The molecule has 4 N–H and O–H groups in total. The molecule has 1 unspecified atom stereocenters. The van der Waals surface area contributed by atoms with Gasteiger partial charge in [-0.05, 0) is 38.8 Å². The van der Waals surface area contributed by atoms with Crippen molar-refractivity contribution in [3.63, 3.8) is 0 Å². The van der Waals surface area contributed by atoms with Crippen LogP contribution in [-0.2, 0) is 4.79 Å². The first-order valence-corrected chi connectivity index (χ1v) is 7.10. The van der Waals surface area contributed by atoms with Gasteiger partial charge in [-0.2, -0.15) is 5.10 Å². The van der Waals surface area contributed by atoms with Crippen LogP contribution < -0.4 is 11.1 Å². The Hall–Kier alpha value is -2.21. The number of anilines is 1. The van der Waals surface area contributed by atoms with Gasteiger partial charge in [-0.25, -0.2) is 4.98 Å². The van der Waals surface area contributed by atoms with E-state index >= 15 is 0 Å². The minimum atomic E-state index is -0.0182. The van der Waals surface area contributed by atoms with E-state index in [4.69, 9.17) is 5.73 Å². The third kappa shape index (κ3) is 4.39. The van der Waals surface area contributed by atoms with Crippen molar-refractivity contribution in [2.75, 3.05) is 5.32 Å². The number of carbonyl (C=O) groups is 1. The summed E-state index contributed by atoms with van der Waals surface area (Å²) in [6, 6.07) is 7.64. The van der Waals surface area contributed by atoms with Crippen LogP contribution in [0.2, 0.25) is 0 Å². The second-order valence-corrected chi connectivity index (χ2v) is 5.21. The number of hydrogen-bond acceptors (Lipinski definition) is 4. The molecule has 1 aromatic heterocycles. The molecule has 0 radical (unpaired) electrons. The van der Waals surface area contributed by atoms with Gasteiger partial charge in [0.15, 0.2) is 5.82 Å². The number of aromatic amines is 1. The summed E-state index contributed by atoms with van der Waals surface area (Å²) in [5, 5.41) is 9.86. The molecule has 2 rings (SSSR count). The van der Waals surface area contributed by atoms with Gasteiger partial charge in [-0.3, -0.25) is 9.89 Å². The lowest BCUT2D eigenvalue weighted by molar-refractivity contribution is -0.116. The SMILES string of the molecule is Cc1nc(-c2ccccc2NC(=O)CCCC(C)N)n[nH]1. The van der Waals surface area contributed by atoms with Gasteiger partial charge in [-0.15, -0.1) is 0 Å². The van der Waals surface area contributed by atoms with Gasteiger partial charge < -0.3 is 11.1 Å². The molecule has 0 aliphatic rings. The fourth-order valence-electron chi connectivity index (χ4n) is 2.05. The molecule has 21 heavy (non-hydrogen) atoms. The van der Waals surface area contributed by atoms with Gasteiger partial charge in [0.05, 0.1) is 5.69 Å². The van der Waals surface area contributed by atoms with Crippen molar-refractivity contribution in [3.05, 3.63) is 30.1 Å². The van der Waals surface area contributed by atoms with Crippen LogP contribution in [0.1, 0.15) is 32.0 Å². The summed E-state index contributed by atoms with van der Waals surface area (Å²) in [5.74, 6) is 1.30. The van der Waals surface area contributed by atoms with Crippen LogP contribution >= 0.6 is 0 Å². The van der Waals surface area contributed by atoms with E-state index in [0.717, 1.165) is 29.9 Å². The summed E-state index contributed by atoms with van der Waals surface area (Å²) in [6.07, 6.45) is 2.09. The average molecular weight is 287 g/mol. The fraction of sp³-hybridized carbons (Fsp3) is 0.400. The molecule has 0 spiro atoms. The van der Waals surface area contributed by atoms with Gasteiger partial charge >= 0.3 is 0 Å². The Morgan fingerprint density at radius 3 is 2.86 bits per heavy atom. The van der Waals surface area contributed by atoms with Gasteiger partial charge in [0, 0.05) is 18.0 Å². The van der Waals surface area contributed by atoms with E-state index in [0.29, 0.717) is 12.2 Å². The zero-order valence-corrected chi connectivity index (χ0v) is 12.4. The van der Waals surface area contributed by atoms with Crippen molar-refractivity contribution in [2.24, 2.45) is 5.73 Å². The summed E-state index contributed by atoms with van der Waals surface area (Å²) >= 11 is 0. The molecule has 112 valence electrons. The Kier molecular flexibility index (Phi) is 5.05. The number of carbonyl (C=O) groups excluding carboxylic acids is 1. The molecular weight excluding hydrogens is 266 g/mol. The fourth-order valence-corrected chi connectivity index (χ4v) is 2.05. The topological polar surface area (TPSA) is 96.7 Å². The summed E-state index contributed by atoms with van der Waals surface area (Å²) in [6.45, 7) is 3.78. The van der Waals surface area contributed by atoms with Crippen LogP contribution in [-0.4, -0.2) is 27.1 Å². The Morgan fingerprint density at radius 2 is 2.19 bits per heavy atom. The second kappa shape index (κ2) is 6.99. The van der Waals surface area contributed by atoms with Gasteiger partial charge in [0.25, 0.3) is 0 Å². The van der Waals surface area contributed by atoms with E-state index < -0.39 is 0 Å². The number of amides is 1. The van der Waals surface area contributed by atoms with E-state index in [9.17, 15) is 4.79 Å². The van der Waals surface area contributed by atoms with Crippen LogP contribution in [0.15, 0.2) is 24.3 Å². The van der Waals surface area contributed by atoms with Gasteiger partial charge in [0.2, 0.25) is 5.91 Å². The van der Waals surface area contributed by atoms with Crippen LogP contribution in [0.5, 0.6) is 0 Å². The quantitative estimate of drug-likeness (QED) is 0.759. The molecule has 6 nitrogen and oxygen atoms in total. The molecule has 1 heterocycles. The molecule has 1 amide bonds. The van der Waals surface area contributed by atoms with E-state index in [1.807, 2.05) is 38.1 Å². The molecule has 0 aliphatic carbocycles. The van der Waals surface area contributed by atoms with E-state index in [1.165, 1.54) is 0 Å². The number of nitrogens with two attached hydrogens (primary N) is 1. The van der Waals surface area contributed by atoms with Crippen molar-refractivity contribution >= 4 is 11.6 Å². The number of para-hydroxylation sites is 1. The number of aromatic nitrogens is 3. The average Bonchev–Trinajstić information content (AvgIpc) is 2.85. The highest BCUT2D eigenvalue weighted by Crippen LogP contribution is 2.24. The highest BCUT2D eigenvalue weighted by atomic mass is 16.1. The third-order valence-electron chi connectivity index (χ3n) is 3.10. The Morgan fingerprint density at radius 1 is 1.43 bits per heavy atom. The number of nitrogens with one attached hydrogen (secondary N) is 2. The first kappa shape index (κ1) is 15.2. The minimum Gasteiger partial charge on any atom is -0.328 e. The second-order valence-electron chi connectivity index (χ2n) is 5.21. The van der Waals surface area contributed by atoms with Crippen molar-refractivity contribution in [1.82, 2.24) is 15.2 Å². The number of benzene rings is 1. The Balaban J connectivity index is 2.05. The predicted octanol–water partition coefficient (Wildman–Crippen LogP) is 2.24. The van der Waals surface area contributed by atoms with Crippen LogP contribution in [0.25, 0.3) is 11.4 Å². The van der Waals surface area contributed by atoms with E-state index in [2.05, 4.69) is 20.5 Å². The number of aryl methyl sites for hydroxylation is 1. The maximum Gasteiger partial charge on any atom is 0.224 e. The Labute approximate surface area is 124 Å². The largest absolute Gasteiger partial charge is 0.328 e. The summed E-state index contributed by atoms with van der Waals surface area (Å²) in [7, 11) is 0. The van der Waals surface area contributed by atoms with Crippen molar-refractivity contribution in [1.29, 1.82) is 0 Å². The molecular formula is C15H21N5O. The first-order valence-electron chi connectivity index (χ1n) is 7.10. The summed E-state index contributed by atoms with van der Waals surface area (Å²) in [4.78, 5) is 16.3. The predicted molar refractivity (Wildman–Crippen MR) is 82.7 cm³/mol. The highest BCUT2D eigenvalue weighted by Gasteiger charge is 2.11. The van der Waals surface area contributed by atoms with Crippen LogP contribution in [0.3, 0.4) is 0 Å². The molecule has 0 fully saturated rings. The number of rotatable bonds is 6. The van der Waals surface area contributed by atoms with E-state index in [1.54, 1.807) is 0 Å². The molecule has 0 bridgehead atoms. The lowest BCUT2D eigenvalue weighted by atomic mass is 10.1. The van der Waals surface area contributed by atoms with Crippen LogP contribution in [0.4, 0.5) is 5.69 Å². The zero-order valence-electron chi connectivity index (χ0n) is 12.4. The Bertz CT molecular complexity index is 606. The molecule has 6 heteroatoms. The number of nitrogens with zero attached hydrogens (tertiary/aromatic N) is 2. The van der Waals surface area contributed by atoms with Crippen molar-refractivity contribution < 1.29 is 4.79 Å². The maximum absolute atomic E-state index is 12.0. The molecule has 2 aromatic rings. The third-order valence-corrected chi connectivity index (χ3v) is 3.10. The number of hydrogen-bond donors (Lipinski definition) is 3. The van der Waals surface area contributed by atoms with Gasteiger partial charge in [0.1, 0.15) is 5.82 Å². The first-order chi connectivity index (χ1) is 10.1. The number of H-pyrrole nitrogens is 1. The van der Waals surface area contributed by atoms with Gasteiger partial charge in [-0.1, -0.05) is 12.1 Å². The standard InChI is InChI=1S/C15H21N5O/c1-10(16)6-5-9-14(21)18-13-8-4-3-7-12(13)15-17-11(2)19-20-15/h3-4,7-8,10H,5-6,9,16H2,1-2H3,(H,18,21)(H,17,19,20). The zero-order chi connectivity index (χ0) is 15.2. The molecule has 1 atom stereocenters. The molecule has 0 saturated carbocycles. The van der Waals surface area contributed by atoms with E-state index in [-0.39, 0.29) is 11.9 Å². The molecule has 0 saturated heterocycles. The van der Waals surface area contributed by atoms with Crippen LogP contribution in [0, 0.1) is 6.92 Å². The molecule has 0 aliphatic heterocycles. The lowest BCUT2D eigenvalue weighted by Gasteiger charge is -2.09. The molecule has 1 aromatic carbocycles. The summed E-state index contributed by atoms with van der Waals surface area (Å²) < 4.78 is 0. The summed E-state index contributed by atoms with van der Waals surface area (Å²) in [5.41, 5.74) is 7.21. The highest BCUT2D eigenvalue weighted by molar-refractivity contribution is 5.94. The monoisotopic (exact) mass is 287 g/mol. The normalized spacial score (nSPS) is 12.1. The maximum atomic E-state index is 12.0. The van der Waals surface area contributed by atoms with Crippen molar-refractivity contribution in [2.45, 2.75) is 39.2 Å². The van der Waals surface area contributed by atoms with Crippen molar-refractivity contribution in [3.8, 4) is 11.4 Å². The lowest BCUT2D eigenvalue weighted by Crippen LogP contribution is -2.17. The minimum absolute atomic E-state index is 0.0182. The smallest absolute Gasteiger partial charge is 0.224 e.